The van der Waals surface area contributed by atoms with Crippen LogP contribution in [0.15, 0.2) is 88.7 Å². The van der Waals surface area contributed by atoms with Gasteiger partial charge in [0.05, 0.1) is 5.69 Å². The standard InChI is InChI=1S/C22H15BrN2OS/c23-19-12-10-17(11-13-19)20-14-27-22(24-20)25-21(26)18-8-6-16(7-9-18)15-4-2-1-3-5-15/h1-14H,(H,24,25,26). The number of nitrogens with zero attached hydrogens (tertiary/aromatic N) is 1. The summed E-state index contributed by atoms with van der Waals surface area (Å²) in [5, 5.41) is 5.41. The van der Waals surface area contributed by atoms with Crippen LogP contribution in [0, 0.1) is 0 Å². The molecule has 1 N–H and O–H groups in total. The maximum Gasteiger partial charge on any atom is 0.257 e. The second-order valence-corrected chi connectivity index (χ2v) is 7.72. The van der Waals surface area contributed by atoms with Crippen molar-refractivity contribution in [3.05, 3.63) is 94.3 Å². The molecule has 0 saturated heterocycles. The molecule has 4 aromatic rings. The van der Waals surface area contributed by atoms with E-state index in [1.54, 1.807) is 0 Å². The topological polar surface area (TPSA) is 42.0 Å². The maximum absolute atomic E-state index is 12.5. The van der Waals surface area contributed by atoms with Gasteiger partial charge in [0.15, 0.2) is 5.13 Å². The SMILES string of the molecule is O=C(Nc1nc(-c2ccc(Br)cc2)cs1)c1ccc(-c2ccccc2)cc1. The lowest BCUT2D eigenvalue weighted by Gasteiger charge is -2.04. The molecule has 132 valence electrons. The zero-order valence-electron chi connectivity index (χ0n) is 14.2. The van der Waals surface area contributed by atoms with Crippen molar-refractivity contribution in [1.29, 1.82) is 0 Å². The number of amides is 1. The Hall–Kier alpha value is -2.76. The number of hydrogen-bond donors (Lipinski definition) is 1. The molecule has 0 aliphatic rings. The van der Waals surface area contributed by atoms with E-state index >= 15 is 0 Å². The Morgan fingerprint density at radius 2 is 1.44 bits per heavy atom. The summed E-state index contributed by atoms with van der Waals surface area (Å²) in [5.41, 5.74) is 4.68. The largest absolute Gasteiger partial charge is 0.298 e. The molecule has 0 atom stereocenters. The number of halogens is 1. The molecule has 0 radical (unpaired) electrons. The summed E-state index contributed by atoms with van der Waals surface area (Å²) in [4.78, 5) is 17.0. The third-order valence-electron chi connectivity index (χ3n) is 4.12. The summed E-state index contributed by atoms with van der Waals surface area (Å²) < 4.78 is 1.02. The van der Waals surface area contributed by atoms with Crippen molar-refractivity contribution in [3.8, 4) is 22.4 Å². The summed E-state index contributed by atoms with van der Waals surface area (Å²) in [5.74, 6) is -0.161. The summed E-state index contributed by atoms with van der Waals surface area (Å²) in [6, 6.07) is 25.6. The van der Waals surface area contributed by atoms with Crippen molar-refractivity contribution < 1.29 is 4.79 Å². The lowest BCUT2D eigenvalue weighted by molar-refractivity contribution is 0.102. The monoisotopic (exact) mass is 434 g/mol. The number of anilines is 1. The van der Waals surface area contributed by atoms with Gasteiger partial charge in [-0.05, 0) is 35.4 Å². The Morgan fingerprint density at radius 1 is 0.815 bits per heavy atom. The first kappa shape index (κ1) is 17.6. The first-order valence-electron chi connectivity index (χ1n) is 8.37. The summed E-state index contributed by atoms with van der Waals surface area (Å²) >= 11 is 4.84. The minimum atomic E-state index is -0.161. The molecule has 0 saturated carbocycles. The van der Waals surface area contributed by atoms with Crippen LogP contribution in [0.3, 0.4) is 0 Å². The molecule has 1 aromatic heterocycles. The quantitative estimate of drug-likeness (QED) is 0.398. The number of carbonyl (C=O) groups excluding carboxylic acids is 1. The predicted molar refractivity (Wildman–Crippen MR) is 115 cm³/mol. The number of rotatable bonds is 4. The van der Waals surface area contributed by atoms with Gasteiger partial charge in [-0.3, -0.25) is 10.1 Å². The molecule has 1 heterocycles. The van der Waals surface area contributed by atoms with Gasteiger partial charge in [0, 0.05) is 21.0 Å². The highest BCUT2D eigenvalue weighted by Crippen LogP contribution is 2.26. The van der Waals surface area contributed by atoms with E-state index in [9.17, 15) is 4.79 Å². The van der Waals surface area contributed by atoms with E-state index in [4.69, 9.17) is 0 Å². The Morgan fingerprint density at radius 3 is 2.15 bits per heavy atom. The highest BCUT2D eigenvalue weighted by atomic mass is 79.9. The van der Waals surface area contributed by atoms with Crippen LogP contribution < -0.4 is 5.32 Å². The minimum Gasteiger partial charge on any atom is -0.298 e. The molecule has 0 bridgehead atoms. The molecular formula is C22H15BrN2OS. The number of nitrogens with one attached hydrogen (secondary N) is 1. The fraction of sp³-hybridized carbons (Fsp3) is 0. The summed E-state index contributed by atoms with van der Waals surface area (Å²) in [6.45, 7) is 0. The van der Waals surface area contributed by atoms with Crippen LogP contribution in [-0.2, 0) is 0 Å². The Labute approximate surface area is 169 Å². The first-order valence-corrected chi connectivity index (χ1v) is 10.0. The van der Waals surface area contributed by atoms with Gasteiger partial charge in [-0.15, -0.1) is 11.3 Å². The van der Waals surface area contributed by atoms with Crippen LogP contribution in [-0.4, -0.2) is 10.9 Å². The molecule has 3 nitrogen and oxygen atoms in total. The normalized spacial score (nSPS) is 10.6. The smallest absolute Gasteiger partial charge is 0.257 e. The highest BCUT2D eigenvalue weighted by molar-refractivity contribution is 9.10. The van der Waals surface area contributed by atoms with Crippen molar-refractivity contribution in [2.45, 2.75) is 0 Å². The molecule has 3 aromatic carbocycles. The number of thiazole rings is 1. The average molecular weight is 435 g/mol. The highest BCUT2D eigenvalue weighted by Gasteiger charge is 2.10. The van der Waals surface area contributed by atoms with Crippen molar-refractivity contribution >= 4 is 38.3 Å². The average Bonchev–Trinajstić information content (AvgIpc) is 3.18. The van der Waals surface area contributed by atoms with Crippen LogP contribution in [0.4, 0.5) is 5.13 Å². The molecular weight excluding hydrogens is 420 g/mol. The van der Waals surface area contributed by atoms with Gasteiger partial charge in [0.1, 0.15) is 0 Å². The minimum absolute atomic E-state index is 0.161. The van der Waals surface area contributed by atoms with Crippen LogP contribution in [0.25, 0.3) is 22.4 Å². The first-order chi connectivity index (χ1) is 13.2. The lowest BCUT2D eigenvalue weighted by atomic mass is 10.0. The van der Waals surface area contributed by atoms with Crippen molar-refractivity contribution in [2.75, 3.05) is 5.32 Å². The maximum atomic E-state index is 12.5. The molecule has 0 fully saturated rings. The van der Waals surface area contributed by atoms with Gasteiger partial charge in [-0.1, -0.05) is 70.5 Å². The van der Waals surface area contributed by atoms with E-state index < -0.39 is 0 Å². The summed E-state index contributed by atoms with van der Waals surface area (Å²) in [6.07, 6.45) is 0. The van der Waals surface area contributed by atoms with Crippen LogP contribution in [0.5, 0.6) is 0 Å². The predicted octanol–water partition coefficient (Wildman–Crippen LogP) is 6.49. The molecule has 0 unspecified atom stereocenters. The Balaban J connectivity index is 1.47. The zero-order valence-corrected chi connectivity index (χ0v) is 16.6. The van der Waals surface area contributed by atoms with Gasteiger partial charge in [0.25, 0.3) is 5.91 Å². The Kier molecular flexibility index (Phi) is 5.14. The fourth-order valence-corrected chi connectivity index (χ4v) is 3.68. The van der Waals surface area contributed by atoms with E-state index in [1.807, 2.05) is 84.2 Å². The second kappa shape index (κ2) is 7.86. The van der Waals surface area contributed by atoms with Crippen molar-refractivity contribution in [2.24, 2.45) is 0 Å². The molecule has 4 rings (SSSR count). The lowest BCUT2D eigenvalue weighted by Crippen LogP contribution is -2.11. The molecule has 0 spiro atoms. The van der Waals surface area contributed by atoms with E-state index in [-0.39, 0.29) is 5.91 Å². The van der Waals surface area contributed by atoms with Crippen LogP contribution in [0.1, 0.15) is 10.4 Å². The number of benzene rings is 3. The second-order valence-electron chi connectivity index (χ2n) is 5.94. The van der Waals surface area contributed by atoms with Crippen molar-refractivity contribution in [3.63, 3.8) is 0 Å². The van der Waals surface area contributed by atoms with Crippen LogP contribution >= 0.6 is 27.3 Å². The van der Waals surface area contributed by atoms with Gasteiger partial charge in [-0.2, -0.15) is 0 Å². The molecule has 1 amide bonds. The van der Waals surface area contributed by atoms with E-state index in [0.717, 1.165) is 26.9 Å². The molecule has 0 aliphatic carbocycles. The Bertz CT molecular complexity index is 1060. The van der Waals surface area contributed by atoms with E-state index in [1.165, 1.54) is 11.3 Å². The van der Waals surface area contributed by atoms with Gasteiger partial charge in [0.2, 0.25) is 0 Å². The third-order valence-corrected chi connectivity index (χ3v) is 5.41. The summed E-state index contributed by atoms with van der Waals surface area (Å²) in [7, 11) is 0. The molecule has 5 heteroatoms. The van der Waals surface area contributed by atoms with E-state index in [2.05, 4.69) is 26.2 Å². The van der Waals surface area contributed by atoms with Gasteiger partial charge >= 0.3 is 0 Å². The van der Waals surface area contributed by atoms with Gasteiger partial charge in [-0.25, -0.2) is 4.98 Å². The van der Waals surface area contributed by atoms with Crippen LogP contribution in [0.2, 0.25) is 0 Å². The third kappa shape index (κ3) is 4.15. The number of aromatic nitrogens is 1. The molecule has 27 heavy (non-hydrogen) atoms. The van der Waals surface area contributed by atoms with Crippen molar-refractivity contribution in [1.82, 2.24) is 4.98 Å². The zero-order chi connectivity index (χ0) is 18.6. The fourth-order valence-electron chi connectivity index (χ4n) is 2.70. The number of carbonyl (C=O) groups is 1. The number of hydrogen-bond acceptors (Lipinski definition) is 3. The molecule has 0 aliphatic heterocycles. The van der Waals surface area contributed by atoms with E-state index in [0.29, 0.717) is 10.7 Å². The van der Waals surface area contributed by atoms with Gasteiger partial charge < -0.3 is 0 Å².